The molecule has 0 aromatic heterocycles. The van der Waals surface area contributed by atoms with E-state index in [0.717, 1.165) is 19.6 Å². The quantitative estimate of drug-likeness (QED) is 0.860. The van der Waals surface area contributed by atoms with Crippen LogP contribution in [-0.2, 0) is 16.1 Å². The molecule has 2 N–H and O–H groups in total. The number of likely N-dealkylation sites (tertiary alicyclic amines) is 1. The molecule has 0 saturated carbocycles. The van der Waals surface area contributed by atoms with Gasteiger partial charge in [-0.2, -0.15) is 0 Å². The van der Waals surface area contributed by atoms with E-state index < -0.39 is 5.54 Å². The number of aryl methyl sites for hydroxylation is 1. The maximum Gasteiger partial charge on any atom is 0.245 e. The van der Waals surface area contributed by atoms with Gasteiger partial charge in [0.1, 0.15) is 5.54 Å². The molecule has 1 aliphatic heterocycles. The van der Waals surface area contributed by atoms with Gasteiger partial charge in [-0.1, -0.05) is 43.7 Å². The number of benzene rings is 1. The molecule has 1 aliphatic rings. The highest BCUT2D eigenvalue weighted by atomic mass is 16.2. The standard InChI is InChI=1S/C20H31N3O2/c1-14-8-7-9-16(10-14)11-23-12-17(19(3,4)13-23)21-18(25)20(5,6)22-15(2)24/h7-10,17H,11-13H2,1-6H3,(H,21,25)(H,22,24). The van der Waals surface area contributed by atoms with E-state index in [2.05, 4.69) is 60.6 Å². The van der Waals surface area contributed by atoms with E-state index in [4.69, 9.17) is 0 Å². The van der Waals surface area contributed by atoms with Gasteiger partial charge in [-0.05, 0) is 31.7 Å². The molecule has 1 saturated heterocycles. The van der Waals surface area contributed by atoms with Crippen LogP contribution in [-0.4, -0.2) is 41.4 Å². The Bertz CT molecular complexity index is 652. The second-order valence-corrected chi connectivity index (χ2v) is 8.48. The first kappa shape index (κ1) is 19.4. The molecule has 0 radical (unpaired) electrons. The van der Waals surface area contributed by atoms with Crippen molar-refractivity contribution in [3.8, 4) is 0 Å². The van der Waals surface area contributed by atoms with Crippen molar-refractivity contribution in [3.63, 3.8) is 0 Å². The molecular weight excluding hydrogens is 314 g/mol. The second kappa shape index (κ2) is 7.16. The Balaban J connectivity index is 2.02. The van der Waals surface area contributed by atoms with Crippen molar-refractivity contribution in [3.05, 3.63) is 35.4 Å². The largest absolute Gasteiger partial charge is 0.349 e. The third kappa shape index (κ3) is 5.05. The smallest absolute Gasteiger partial charge is 0.245 e. The summed E-state index contributed by atoms with van der Waals surface area (Å²) in [7, 11) is 0. The Morgan fingerprint density at radius 3 is 2.60 bits per heavy atom. The van der Waals surface area contributed by atoms with E-state index >= 15 is 0 Å². The van der Waals surface area contributed by atoms with Crippen LogP contribution >= 0.6 is 0 Å². The highest BCUT2D eigenvalue weighted by Gasteiger charge is 2.42. The first-order valence-corrected chi connectivity index (χ1v) is 8.87. The Kier molecular flexibility index (Phi) is 5.57. The lowest BCUT2D eigenvalue weighted by molar-refractivity contribution is -0.132. The predicted octanol–water partition coefficient (Wildman–Crippen LogP) is 2.24. The maximum atomic E-state index is 12.6. The molecular formula is C20H31N3O2. The number of carbonyl (C=O) groups is 2. The third-order valence-corrected chi connectivity index (χ3v) is 4.87. The van der Waals surface area contributed by atoms with Crippen molar-refractivity contribution in [2.24, 2.45) is 5.41 Å². The van der Waals surface area contributed by atoms with Crippen LogP contribution in [0.3, 0.4) is 0 Å². The second-order valence-electron chi connectivity index (χ2n) is 8.48. The van der Waals surface area contributed by atoms with Gasteiger partial charge in [0.2, 0.25) is 11.8 Å². The molecule has 0 spiro atoms. The van der Waals surface area contributed by atoms with E-state index in [9.17, 15) is 9.59 Å². The SMILES string of the molecule is CC(=O)NC(C)(C)C(=O)NC1CN(Cc2cccc(C)c2)CC1(C)C. The number of hydrogen-bond acceptors (Lipinski definition) is 3. The first-order chi connectivity index (χ1) is 11.5. The number of amides is 2. The molecule has 1 heterocycles. The lowest BCUT2D eigenvalue weighted by Gasteiger charge is -2.31. The first-order valence-electron chi connectivity index (χ1n) is 8.87. The fraction of sp³-hybridized carbons (Fsp3) is 0.600. The van der Waals surface area contributed by atoms with Crippen molar-refractivity contribution < 1.29 is 9.59 Å². The molecule has 1 atom stereocenters. The fourth-order valence-electron chi connectivity index (χ4n) is 3.52. The van der Waals surface area contributed by atoms with Crippen LogP contribution in [0.5, 0.6) is 0 Å². The van der Waals surface area contributed by atoms with Crippen LogP contribution < -0.4 is 10.6 Å². The number of carbonyl (C=O) groups excluding carboxylic acids is 2. The third-order valence-electron chi connectivity index (χ3n) is 4.87. The maximum absolute atomic E-state index is 12.6. The molecule has 25 heavy (non-hydrogen) atoms. The van der Waals surface area contributed by atoms with Gasteiger partial charge in [-0.25, -0.2) is 0 Å². The summed E-state index contributed by atoms with van der Waals surface area (Å²) in [6.07, 6.45) is 0. The van der Waals surface area contributed by atoms with E-state index in [1.54, 1.807) is 13.8 Å². The van der Waals surface area contributed by atoms with E-state index in [1.165, 1.54) is 18.1 Å². The Morgan fingerprint density at radius 1 is 1.32 bits per heavy atom. The molecule has 2 rings (SSSR count). The molecule has 5 nitrogen and oxygen atoms in total. The zero-order chi connectivity index (χ0) is 18.8. The average Bonchev–Trinajstić information content (AvgIpc) is 2.71. The van der Waals surface area contributed by atoms with Gasteiger partial charge in [0.05, 0.1) is 0 Å². The summed E-state index contributed by atoms with van der Waals surface area (Å²) in [5.41, 5.74) is 1.62. The topological polar surface area (TPSA) is 61.4 Å². The monoisotopic (exact) mass is 345 g/mol. The van der Waals surface area contributed by atoms with Crippen LogP contribution in [0.1, 0.15) is 45.7 Å². The summed E-state index contributed by atoms with van der Waals surface area (Å²) in [5, 5.41) is 5.86. The normalized spacial score (nSPS) is 20.3. The van der Waals surface area contributed by atoms with E-state index in [0.29, 0.717) is 0 Å². The van der Waals surface area contributed by atoms with Crippen molar-refractivity contribution in [1.82, 2.24) is 15.5 Å². The van der Waals surface area contributed by atoms with Crippen LogP contribution in [0.15, 0.2) is 24.3 Å². The molecule has 0 bridgehead atoms. The van der Waals surface area contributed by atoms with Crippen molar-refractivity contribution >= 4 is 11.8 Å². The summed E-state index contributed by atoms with van der Waals surface area (Å²) in [6.45, 7) is 14.0. The minimum absolute atomic E-state index is 0.0220. The zero-order valence-corrected chi connectivity index (χ0v) is 16.3. The number of nitrogens with one attached hydrogen (secondary N) is 2. The molecule has 138 valence electrons. The molecule has 1 aromatic carbocycles. The van der Waals surface area contributed by atoms with Gasteiger partial charge < -0.3 is 10.6 Å². The van der Waals surface area contributed by atoms with Crippen molar-refractivity contribution in [1.29, 1.82) is 0 Å². The van der Waals surface area contributed by atoms with Gasteiger partial charge in [-0.15, -0.1) is 0 Å². The summed E-state index contributed by atoms with van der Waals surface area (Å²) in [5.74, 6) is -0.343. The lowest BCUT2D eigenvalue weighted by Crippen LogP contribution is -2.58. The summed E-state index contributed by atoms with van der Waals surface area (Å²) < 4.78 is 0. The van der Waals surface area contributed by atoms with Gasteiger partial charge in [0, 0.05) is 32.6 Å². The van der Waals surface area contributed by atoms with Crippen LogP contribution in [0.4, 0.5) is 0 Å². The van der Waals surface area contributed by atoms with Crippen molar-refractivity contribution in [2.45, 2.75) is 59.7 Å². The molecule has 1 unspecified atom stereocenters. The molecule has 5 heteroatoms. The van der Waals surface area contributed by atoms with Crippen LogP contribution in [0.2, 0.25) is 0 Å². The van der Waals surface area contributed by atoms with Gasteiger partial charge in [0.15, 0.2) is 0 Å². The van der Waals surface area contributed by atoms with Gasteiger partial charge in [-0.3, -0.25) is 14.5 Å². The predicted molar refractivity (Wildman–Crippen MR) is 100 cm³/mol. The Hall–Kier alpha value is -1.88. The minimum atomic E-state index is -0.911. The van der Waals surface area contributed by atoms with Crippen LogP contribution in [0, 0.1) is 12.3 Å². The van der Waals surface area contributed by atoms with E-state index in [1.807, 2.05) is 0 Å². The highest BCUT2D eigenvalue weighted by molar-refractivity contribution is 5.90. The van der Waals surface area contributed by atoms with E-state index in [-0.39, 0.29) is 23.3 Å². The zero-order valence-electron chi connectivity index (χ0n) is 16.3. The number of nitrogens with zero attached hydrogens (tertiary/aromatic N) is 1. The lowest BCUT2D eigenvalue weighted by atomic mass is 9.87. The molecule has 1 aromatic rings. The Labute approximate surface area is 151 Å². The number of rotatable bonds is 5. The summed E-state index contributed by atoms with van der Waals surface area (Å²) >= 11 is 0. The highest BCUT2D eigenvalue weighted by Crippen LogP contribution is 2.31. The Morgan fingerprint density at radius 2 is 2.00 bits per heavy atom. The van der Waals surface area contributed by atoms with Crippen LogP contribution in [0.25, 0.3) is 0 Å². The van der Waals surface area contributed by atoms with Crippen molar-refractivity contribution in [2.75, 3.05) is 13.1 Å². The molecule has 2 amide bonds. The minimum Gasteiger partial charge on any atom is -0.349 e. The summed E-state index contributed by atoms with van der Waals surface area (Å²) in [4.78, 5) is 26.3. The molecule has 0 aliphatic carbocycles. The average molecular weight is 345 g/mol. The van der Waals surface area contributed by atoms with Gasteiger partial charge >= 0.3 is 0 Å². The molecule has 1 fully saturated rings. The number of hydrogen-bond donors (Lipinski definition) is 2. The fourth-order valence-corrected chi connectivity index (χ4v) is 3.52. The summed E-state index contributed by atoms with van der Waals surface area (Å²) in [6, 6.07) is 8.59. The van der Waals surface area contributed by atoms with Gasteiger partial charge in [0.25, 0.3) is 0 Å².